The lowest BCUT2D eigenvalue weighted by molar-refractivity contribution is 0.315. The van der Waals surface area contributed by atoms with Gasteiger partial charge in [-0.3, -0.25) is 9.88 Å². The maximum Gasteiger partial charge on any atom is 0.119 e. The fourth-order valence-electron chi connectivity index (χ4n) is 1.96. The van der Waals surface area contributed by atoms with Gasteiger partial charge in [0, 0.05) is 25.0 Å². The summed E-state index contributed by atoms with van der Waals surface area (Å²) in [5.74, 6) is 0.829. The van der Waals surface area contributed by atoms with Gasteiger partial charge in [0.1, 0.15) is 5.75 Å². The highest BCUT2D eigenvalue weighted by molar-refractivity contribution is 5.50. The quantitative estimate of drug-likeness (QED) is 0.835. The van der Waals surface area contributed by atoms with E-state index in [9.17, 15) is 0 Å². The van der Waals surface area contributed by atoms with Crippen LogP contribution >= 0.6 is 0 Å². The fourth-order valence-corrected chi connectivity index (χ4v) is 1.96. The molecule has 0 aliphatic carbocycles. The van der Waals surface area contributed by atoms with Crippen molar-refractivity contribution in [3.8, 4) is 5.75 Å². The number of benzene rings is 1. The number of nitrogens with two attached hydrogens (primary N) is 1. The number of methoxy groups -OCH3 is 1. The third kappa shape index (κ3) is 3.69. The van der Waals surface area contributed by atoms with Gasteiger partial charge in [-0.1, -0.05) is 6.07 Å². The molecule has 1 aromatic carbocycles. The van der Waals surface area contributed by atoms with E-state index in [0.717, 1.165) is 35.8 Å². The zero-order valence-corrected chi connectivity index (χ0v) is 11.3. The Morgan fingerprint density at radius 2 is 2.05 bits per heavy atom. The number of hydrogen-bond donors (Lipinski definition) is 1. The molecule has 0 bridgehead atoms. The van der Waals surface area contributed by atoms with E-state index < -0.39 is 0 Å². The third-order valence-corrected chi connectivity index (χ3v) is 2.95. The van der Waals surface area contributed by atoms with Gasteiger partial charge in [0.05, 0.1) is 12.8 Å². The number of hydrogen-bond acceptors (Lipinski definition) is 4. The number of anilines is 1. The molecule has 2 aromatic rings. The van der Waals surface area contributed by atoms with Crippen LogP contribution in [0.4, 0.5) is 5.69 Å². The molecular formula is C15H19N3O. The van der Waals surface area contributed by atoms with Crippen molar-refractivity contribution >= 4 is 5.69 Å². The first kappa shape index (κ1) is 13.4. The number of nitrogens with zero attached hydrogens (tertiary/aromatic N) is 2. The van der Waals surface area contributed by atoms with Crippen LogP contribution in [0.25, 0.3) is 0 Å². The number of rotatable bonds is 5. The summed E-state index contributed by atoms with van der Waals surface area (Å²) in [4.78, 5) is 6.49. The first-order valence-electron chi connectivity index (χ1n) is 6.20. The summed E-state index contributed by atoms with van der Waals surface area (Å²) < 4.78 is 5.22. The average molecular weight is 257 g/mol. The van der Waals surface area contributed by atoms with Crippen molar-refractivity contribution in [3.63, 3.8) is 0 Å². The van der Waals surface area contributed by atoms with E-state index in [1.165, 1.54) is 0 Å². The molecule has 0 aliphatic rings. The predicted molar refractivity (Wildman–Crippen MR) is 76.8 cm³/mol. The van der Waals surface area contributed by atoms with Gasteiger partial charge < -0.3 is 10.5 Å². The van der Waals surface area contributed by atoms with Crippen molar-refractivity contribution in [1.29, 1.82) is 0 Å². The van der Waals surface area contributed by atoms with E-state index in [1.54, 1.807) is 7.11 Å². The molecule has 0 saturated heterocycles. The molecule has 4 heteroatoms. The Bertz CT molecular complexity index is 528. The second kappa shape index (κ2) is 6.20. The van der Waals surface area contributed by atoms with Crippen LogP contribution in [0.1, 0.15) is 11.3 Å². The SMILES string of the molecule is COc1ccc(N)c(CN(C)Cc2ccccn2)c1. The summed E-state index contributed by atoms with van der Waals surface area (Å²) in [5.41, 5.74) is 8.89. The highest BCUT2D eigenvalue weighted by Crippen LogP contribution is 2.21. The largest absolute Gasteiger partial charge is 0.497 e. The fraction of sp³-hybridized carbons (Fsp3) is 0.267. The smallest absolute Gasteiger partial charge is 0.119 e. The van der Waals surface area contributed by atoms with E-state index in [1.807, 2.05) is 49.6 Å². The monoisotopic (exact) mass is 257 g/mol. The number of nitrogen functional groups attached to an aromatic ring is 1. The van der Waals surface area contributed by atoms with E-state index in [0.29, 0.717) is 0 Å². The molecule has 0 atom stereocenters. The molecule has 0 unspecified atom stereocenters. The molecule has 0 aliphatic heterocycles. The Hall–Kier alpha value is -2.07. The van der Waals surface area contributed by atoms with Gasteiger partial charge in [-0.25, -0.2) is 0 Å². The van der Waals surface area contributed by atoms with Gasteiger partial charge in [-0.05, 0) is 42.9 Å². The van der Waals surface area contributed by atoms with Crippen molar-refractivity contribution < 1.29 is 4.74 Å². The highest BCUT2D eigenvalue weighted by Gasteiger charge is 2.06. The lowest BCUT2D eigenvalue weighted by Gasteiger charge is -2.18. The van der Waals surface area contributed by atoms with E-state index in [4.69, 9.17) is 10.5 Å². The normalized spacial score (nSPS) is 10.7. The van der Waals surface area contributed by atoms with Crippen molar-refractivity contribution in [3.05, 3.63) is 53.9 Å². The minimum atomic E-state index is 0.763. The molecule has 100 valence electrons. The van der Waals surface area contributed by atoms with Crippen LogP contribution in [0.2, 0.25) is 0 Å². The van der Waals surface area contributed by atoms with Crippen molar-refractivity contribution in [2.45, 2.75) is 13.1 Å². The molecule has 0 saturated carbocycles. The van der Waals surface area contributed by atoms with Crippen molar-refractivity contribution in [2.24, 2.45) is 0 Å². The predicted octanol–water partition coefficient (Wildman–Crippen LogP) is 2.30. The van der Waals surface area contributed by atoms with Crippen LogP contribution in [0.15, 0.2) is 42.6 Å². The molecule has 1 heterocycles. The van der Waals surface area contributed by atoms with Gasteiger partial charge >= 0.3 is 0 Å². The van der Waals surface area contributed by atoms with Crippen LogP contribution in [-0.4, -0.2) is 24.0 Å². The van der Waals surface area contributed by atoms with Crippen LogP contribution in [0.3, 0.4) is 0 Å². The van der Waals surface area contributed by atoms with Gasteiger partial charge in [-0.2, -0.15) is 0 Å². The topological polar surface area (TPSA) is 51.4 Å². The van der Waals surface area contributed by atoms with Crippen molar-refractivity contribution in [1.82, 2.24) is 9.88 Å². The summed E-state index contributed by atoms with van der Waals surface area (Å²) in [6, 6.07) is 11.7. The van der Waals surface area contributed by atoms with E-state index in [-0.39, 0.29) is 0 Å². The Balaban J connectivity index is 2.04. The third-order valence-electron chi connectivity index (χ3n) is 2.95. The molecule has 19 heavy (non-hydrogen) atoms. The van der Waals surface area contributed by atoms with Crippen LogP contribution in [0, 0.1) is 0 Å². The van der Waals surface area contributed by atoms with Gasteiger partial charge in [0.15, 0.2) is 0 Å². The van der Waals surface area contributed by atoms with E-state index >= 15 is 0 Å². The maximum atomic E-state index is 5.99. The molecule has 2 rings (SSSR count). The summed E-state index contributed by atoms with van der Waals surface area (Å²) >= 11 is 0. The Morgan fingerprint density at radius 1 is 1.21 bits per heavy atom. The molecule has 0 amide bonds. The Kier molecular flexibility index (Phi) is 4.36. The molecule has 2 N–H and O–H groups in total. The standard InChI is InChI=1S/C15H19N3O/c1-18(11-13-5-3-4-8-17-13)10-12-9-14(19-2)6-7-15(12)16/h3-9H,10-11,16H2,1-2H3. The zero-order chi connectivity index (χ0) is 13.7. The van der Waals surface area contributed by atoms with E-state index in [2.05, 4.69) is 9.88 Å². The molecule has 1 aromatic heterocycles. The zero-order valence-electron chi connectivity index (χ0n) is 11.3. The number of aromatic nitrogens is 1. The molecule has 0 spiro atoms. The minimum absolute atomic E-state index is 0.763. The van der Waals surface area contributed by atoms with Crippen LogP contribution in [-0.2, 0) is 13.1 Å². The molecule has 0 radical (unpaired) electrons. The number of pyridine rings is 1. The summed E-state index contributed by atoms with van der Waals surface area (Å²) in [6.45, 7) is 1.55. The first-order valence-corrected chi connectivity index (χ1v) is 6.20. The molecular weight excluding hydrogens is 238 g/mol. The summed E-state index contributed by atoms with van der Waals surface area (Å²) in [5, 5.41) is 0. The van der Waals surface area contributed by atoms with Gasteiger partial charge in [0.2, 0.25) is 0 Å². The minimum Gasteiger partial charge on any atom is -0.497 e. The second-order valence-corrected chi connectivity index (χ2v) is 4.56. The molecule has 4 nitrogen and oxygen atoms in total. The van der Waals surface area contributed by atoms with Gasteiger partial charge in [-0.15, -0.1) is 0 Å². The van der Waals surface area contributed by atoms with Gasteiger partial charge in [0.25, 0.3) is 0 Å². The Labute approximate surface area is 113 Å². The molecule has 0 fully saturated rings. The summed E-state index contributed by atoms with van der Waals surface area (Å²) in [6.07, 6.45) is 1.81. The lowest BCUT2D eigenvalue weighted by Crippen LogP contribution is -2.18. The maximum absolute atomic E-state index is 5.99. The van der Waals surface area contributed by atoms with Crippen LogP contribution in [0.5, 0.6) is 5.75 Å². The average Bonchev–Trinajstić information content (AvgIpc) is 2.42. The highest BCUT2D eigenvalue weighted by atomic mass is 16.5. The summed E-state index contributed by atoms with van der Waals surface area (Å²) in [7, 11) is 3.71. The second-order valence-electron chi connectivity index (χ2n) is 4.56. The first-order chi connectivity index (χ1) is 9.19. The number of ether oxygens (including phenoxy) is 1. The lowest BCUT2D eigenvalue weighted by atomic mass is 10.1. The Morgan fingerprint density at radius 3 is 2.74 bits per heavy atom. The van der Waals surface area contributed by atoms with Crippen LogP contribution < -0.4 is 10.5 Å². The van der Waals surface area contributed by atoms with Crippen molar-refractivity contribution in [2.75, 3.05) is 19.9 Å².